The molecule has 5 atom stereocenters. The van der Waals surface area contributed by atoms with E-state index < -0.39 is 0 Å². The maximum absolute atomic E-state index is 13.1. The van der Waals surface area contributed by atoms with E-state index in [1.54, 1.807) is 0 Å². The molecule has 2 unspecified atom stereocenters. The maximum Gasteiger partial charge on any atom is 0.226 e. The molecule has 0 radical (unpaired) electrons. The zero-order valence-corrected chi connectivity index (χ0v) is 15.0. The van der Waals surface area contributed by atoms with Crippen LogP contribution in [0.4, 0.5) is 0 Å². The number of rotatable bonds is 2. The van der Waals surface area contributed by atoms with Crippen molar-refractivity contribution in [3.63, 3.8) is 0 Å². The van der Waals surface area contributed by atoms with Crippen LogP contribution in [0.1, 0.15) is 50.5 Å². The van der Waals surface area contributed by atoms with Crippen molar-refractivity contribution in [3.8, 4) is 0 Å². The molecule has 2 saturated heterocycles. The quantitative estimate of drug-likeness (QED) is 0.830. The third kappa shape index (κ3) is 2.88. The van der Waals surface area contributed by atoms with E-state index in [2.05, 4.69) is 54.1 Å². The van der Waals surface area contributed by atoms with Gasteiger partial charge in [-0.2, -0.15) is 0 Å². The van der Waals surface area contributed by atoms with Crippen molar-refractivity contribution in [1.82, 2.24) is 9.80 Å². The Morgan fingerprint density at radius 1 is 1.12 bits per heavy atom. The second-order valence-corrected chi connectivity index (χ2v) is 8.22. The lowest BCUT2D eigenvalue weighted by atomic mass is 9.87. The maximum atomic E-state index is 13.1. The van der Waals surface area contributed by atoms with Crippen LogP contribution >= 0.6 is 0 Å². The summed E-state index contributed by atoms with van der Waals surface area (Å²) < 4.78 is 0. The number of carbonyl (C=O) groups is 1. The minimum atomic E-state index is 0.302. The molecule has 0 N–H and O–H groups in total. The molecule has 1 aliphatic carbocycles. The highest BCUT2D eigenvalue weighted by atomic mass is 16.2. The molecule has 3 aliphatic rings. The zero-order chi connectivity index (χ0) is 16.7. The molecule has 1 amide bonds. The fourth-order valence-electron chi connectivity index (χ4n) is 5.01. The van der Waals surface area contributed by atoms with Gasteiger partial charge in [0, 0.05) is 30.5 Å². The summed E-state index contributed by atoms with van der Waals surface area (Å²) in [6.45, 7) is 4.28. The number of likely N-dealkylation sites (tertiary alicyclic amines) is 2. The summed E-state index contributed by atoms with van der Waals surface area (Å²) in [5, 5.41) is 0. The van der Waals surface area contributed by atoms with Gasteiger partial charge < -0.3 is 9.80 Å². The summed E-state index contributed by atoms with van der Waals surface area (Å²) in [4.78, 5) is 17.9. The molecule has 0 bridgehead atoms. The van der Waals surface area contributed by atoms with Crippen molar-refractivity contribution in [3.05, 3.63) is 35.9 Å². The molecule has 1 saturated carbocycles. The van der Waals surface area contributed by atoms with Crippen molar-refractivity contribution >= 4 is 5.91 Å². The van der Waals surface area contributed by atoms with Crippen LogP contribution in [0.2, 0.25) is 0 Å². The van der Waals surface area contributed by atoms with E-state index >= 15 is 0 Å². The van der Waals surface area contributed by atoms with Crippen molar-refractivity contribution in [1.29, 1.82) is 0 Å². The first-order valence-corrected chi connectivity index (χ1v) is 9.72. The van der Waals surface area contributed by atoms with Gasteiger partial charge in [0.2, 0.25) is 5.91 Å². The standard InChI is InChI=1S/C21H30N2O/c1-15-13-17(15)21(24)23-14-18(16-9-5-3-6-10-16)20-19(23)11-7-4-8-12-22(20)2/h3,5-6,9-10,15,17-20H,4,7-8,11-14H2,1-2H3/t15?,17?,18-,19+,20-/m0/s1. The minimum absolute atomic E-state index is 0.302. The molecule has 3 fully saturated rings. The molecule has 1 aromatic rings. The fourth-order valence-corrected chi connectivity index (χ4v) is 5.01. The van der Waals surface area contributed by atoms with Gasteiger partial charge in [-0.1, -0.05) is 50.1 Å². The van der Waals surface area contributed by atoms with Gasteiger partial charge in [-0.3, -0.25) is 4.79 Å². The Morgan fingerprint density at radius 2 is 1.88 bits per heavy atom. The second kappa shape index (κ2) is 6.51. The minimum Gasteiger partial charge on any atom is -0.337 e. The average molecular weight is 326 g/mol. The fraction of sp³-hybridized carbons (Fsp3) is 0.667. The lowest BCUT2D eigenvalue weighted by Crippen LogP contribution is -2.48. The van der Waals surface area contributed by atoms with Gasteiger partial charge in [0.15, 0.2) is 0 Å². The Kier molecular flexibility index (Phi) is 4.38. The van der Waals surface area contributed by atoms with Gasteiger partial charge in [0.05, 0.1) is 0 Å². The Bertz CT molecular complexity index is 587. The van der Waals surface area contributed by atoms with E-state index in [4.69, 9.17) is 0 Å². The third-order valence-corrected chi connectivity index (χ3v) is 6.56. The first kappa shape index (κ1) is 16.1. The van der Waals surface area contributed by atoms with Crippen molar-refractivity contribution in [2.45, 2.75) is 57.0 Å². The number of amides is 1. The lowest BCUT2D eigenvalue weighted by Gasteiger charge is -2.37. The summed E-state index contributed by atoms with van der Waals surface area (Å²) in [5.41, 5.74) is 1.40. The smallest absolute Gasteiger partial charge is 0.226 e. The van der Waals surface area contributed by atoms with Crippen molar-refractivity contribution in [2.24, 2.45) is 11.8 Å². The Hall–Kier alpha value is -1.35. The summed E-state index contributed by atoms with van der Waals surface area (Å²) in [7, 11) is 2.27. The van der Waals surface area contributed by atoms with E-state index in [0.717, 1.165) is 19.5 Å². The van der Waals surface area contributed by atoms with Crippen LogP contribution in [0.15, 0.2) is 30.3 Å². The average Bonchev–Trinajstić information content (AvgIpc) is 3.19. The van der Waals surface area contributed by atoms with E-state index in [9.17, 15) is 4.79 Å². The second-order valence-electron chi connectivity index (χ2n) is 8.22. The van der Waals surface area contributed by atoms with Crippen LogP contribution in [-0.2, 0) is 4.79 Å². The van der Waals surface area contributed by atoms with Crippen LogP contribution in [0, 0.1) is 11.8 Å². The number of benzene rings is 1. The molecule has 1 aromatic carbocycles. The van der Waals surface area contributed by atoms with Gasteiger partial charge in [-0.05, 0) is 44.3 Å². The Labute approximate surface area is 146 Å². The monoisotopic (exact) mass is 326 g/mol. The van der Waals surface area contributed by atoms with E-state index in [0.29, 0.717) is 35.7 Å². The molecule has 130 valence electrons. The zero-order valence-electron chi connectivity index (χ0n) is 15.0. The van der Waals surface area contributed by atoms with E-state index in [1.807, 2.05) is 0 Å². The van der Waals surface area contributed by atoms with Crippen LogP contribution in [0.3, 0.4) is 0 Å². The highest BCUT2D eigenvalue weighted by Crippen LogP contribution is 2.44. The molecule has 2 aliphatic heterocycles. The predicted molar refractivity (Wildman–Crippen MR) is 96.8 cm³/mol. The largest absolute Gasteiger partial charge is 0.337 e. The first-order valence-electron chi connectivity index (χ1n) is 9.72. The number of hydrogen-bond acceptors (Lipinski definition) is 2. The number of likely N-dealkylation sites (N-methyl/N-ethyl adjacent to an activating group) is 1. The highest BCUT2D eigenvalue weighted by Gasteiger charge is 2.50. The summed E-state index contributed by atoms with van der Waals surface area (Å²) in [6.07, 6.45) is 6.12. The molecule has 3 heteroatoms. The Balaban J connectivity index is 1.65. The van der Waals surface area contributed by atoms with Crippen LogP contribution < -0.4 is 0 Å². The van der Waals surface area contributed by atoms with Gasteiger partial charge in [-0.15, -0.1) is 0 Å². The van der Waals surface area contributed by atoms with E-state index in [-0.39, 0.29) is 0 Å². The summed E-state index contributed by atoms with van der Waals surface area (Å²) in [5.74, 6) is 1.79. The summed E-state index contributed by atoms with van der Waals surface area (Å²) in [6, 6.07) is 11.8. The molecule has 0 aromatic heterocycles. The van der Waals surface area contributed by atoms with Gasteiger partial charge in [0.25, 0.3) is 0 Å². The number of fused-ring (bicyclic) bond motifs is 1. The van der Waals surface area contributed by atoms with Gasteiger partial charge in [-0.25, -0.2) is 0 Å². The summed E-state index contributed by atoms with van der Waals surface area (Å²) >= 11 is 0. The molecular formula is C21H30N2O. The molecule has 2 heterocycles. The van der Waals surface area contributed by atoms with Crippen LogP contribution in [-0.4, -0.2) is 47.9 Å². The number of nitrogens with zero attached hydrogens (tertiary/aromatic N) is 2. The molecular weight excluding hydrogens is 296 g/mol. The number of carbonyl (C=O) groups excluding carboxylic acids is 1. The van der Waals surface area contributed by atoms with Crippen LogP contribution in [0.5, 0.6) is 0 Å². The van der Waals surface area contributed by atoms with Crippen molar-refractivity contribution in [2.75, 3.05) is 20.1 Å². The molecule has 24 heavy (non-hydrogen) atoms. The normalized spacial score (nSPS) is 36.8. The first-order chi connectivity index (χ1) is 11.7. The van der Waals surface area contributed by atoms with E-state index in [1.165, 1.54) is 31.2 Å². The van der Waals surface area contributed by atoms with Gasteiger partial charge >= 0.3 is 0 Å². The molecule has 3 nitrogen and oxygen atoms in total. The highest BCUT2D eigenvalue weighted by molar-refractivity contribution is 5.82. The Morgan fingerprint density at radius 3 is 2.58 bits per heavy atom. The third-order valence-electron chi connectivity index (χ3n) is 6.56. The molecule has 0 spiro atoms. The van der Waals surface area contributed by atoms with Gasteiger partial charge in [0.1, 0.15) is 0 Å². The topological polar surface area (TPSA) is 23.6 Å². The van der Waals surface area contributed by atoms with Crippen LogP contribution in [0.25, 0.3) is 0 Å². The lowest BCUT2D eigenvalue weighted by molar-refractivity contribution is -0.134. The number of hydrogen-bond donors (Lipinski definition) is 0. The SMILES string of the molecule is CC1CC1C(=O)N1C[C@@H](c2ccccc2)[C@H]2[C@H]1CCCCCN2C. The predicted octanol–water partition coefficient (Wildman–Crippen LogP) is 3.51. The molecule has 4 rings (SSSR count). The van der Waals surface area contributed by atoms with Crippen molar-refractivity contribution < 1.29 is 4.79 Å².